The van der Waals surface area contributed by atoms with Crippen molar-refractivity contribution in [3.8, 4) is 0 Å². The van der Waals surface area contributed by atoms with E-state index < -0.39 is 5.97 Å². The van der Waals surface area contributed by atoms with Crippen LogP contribution >= 0.6 is 11.8 Å². The quantitative estimate of drug-likeness (QED) is 0.799. The number of carboxylic acids is 1. The molecular weight excluding hydrogens is 216 g/mol. The van der Waals surface area contributed by atoms with Crippen LogP contribution in [0.15, 0.2) is 16.5 Å². The van der Waals surface area contributed by atoms with E-state index in [9.17, 15) is 9.59 Å². The van der Waals surface area contributed by atoms with E-state index in [1.165, 1.54) is 12.1 Å². The van der Waals surface area contributed by atoms with Gasteiger partial charge in [-0.15, -0.1) is 0 Å². The molecule has 2 heterocycles. The number of hydrogen-bond acceptors (Lipinski definition) is 4. The molecule has 1 unspecified atom stereocenters. The lowest BCUT2D eigenvalue weighted by atomic mass is 10.1. The molecule has 0 aromatic carbocycles. The lowest BCUT2D eigenvalue weighted by Gasteiger charge is -2.03. The number of carboxylic acid groups (broad SMARTS) is 1. The minimum absolute atomic E-state index is 0.0576. The lowest BCUT2D eigenvalue weighted by Crippen LogP contribution is -2.13. The summed E-state index contributed by atoms with van der Waals surface area (Å²) in [7, 11) is 0. The molecule has 1 aromatic rings. The first-order chi connectivity index (χ1) is 7.18. The molecule has 1 fully saturated rings. The maximum Gasteiger partial charge on any atom is 0.371 e. The van der Waals surface area contributed by atoms with Crippen LogP contribution in [0.5, 0.6) is 0 Å². The number of carbonyl (C=O) groups excluding carboxylic acids is 1. The van der Waals surface area contributed by atoms with Crippen molar-refractivity contribution in [1.82, 2.24) is 0 Å². The van der Waals surface area contributed by atoms with Crippen LogP contribution in [0.4, 0.5) is 0 Å². The second-order valence-electron chi connectivity index (χ2n) is 3.33. The van der Waals surface area contributed by atoms with Crippen molar-refractivity contribution in [1.29, 1.82) is 0 Å². The molecule has 5 heteroatoms. The van der Waals surface area contributed by atoms with Gasteiger partial charge in [-0.2, -0.15) is 11.8 Å². The zero-order chi connectivity index (χ0) is 10.8. The smallest absolute Gasteiger partial charge is 0.371 e. The van der Waals surface area contributed by atoms with Crippen LogP contribution in [0.3, 0.4) is 0 Å². The first kappa shape index (κ1) is 10.3. The van der Waals surface area contributed by atoms with Gasteiger partial charge in [0.05, 0.1) is 5.25 Å². The number of Topliss-reactive ketones (excluding diaryl/α,β-unsaturated/α-hetero) is 1. The number of thioether (sulfide) groups is 1. The third kappa shape index (κ3) is 2.07. The van der Waals surface area contributed by atoms with Crippen LogP contribution in [0.25, 0.3) is 0 Å². The fraction of sp³-hybridized carbons (Fsp3) is 0.400. The summed E-state index contributed by atoms with van der Waals surface area (Å²) in [4.78, 5) is 22.3. The van der Waals surface area contributed by atoms with E-state index >= 15 is 0 Å². The molecule has 1 N–H and O–H groups in total. The summed E-state index contributed by atoms with van der Waals surface area (Å²) in [5, 5.41) is 8.58. The van der Waals surface area contributed by atoms with Gasteiger partial charge in [-0.3, -0.25) is 4.79 Å². The van der Waals surface area contributed by atoms with Gasteiger partial charge in [0.1, 0.15) is 0 Å². The van der Waals surface area contributed by atoms with E-state index in [0.717, 1.165) is 18.6 Å². The monoisotopic (exact) mass is 226 g/mol. The van der Waals surface area contributed by atoms with Gasteiger partial charge in [-0.1, -0.05) is 0 Å². The zero-order valence-corrected chi connectivity index (χ0v) is 8.75. The molecule has 1 aliphatic heterocycles. The fourth-order valence-electron chi connectivity index (χ4n) is 1.53. The normalized spacial score (nSPS) is 20.4. The minimum atomic E-state index is -1.15. The third-order valence-corrected chi connectivity index (χ3v) is 3.66. The van der Waals surface area contributed by atoms with E-state index in [0.29, 0.717) is 0 Å². The Morgan fingerprint density at radius 3 is 2.67 bits per heavy atom. The fourth-order valence-corrected chi connectivity index (χ4v) is 2.75. The van der Waals surface area contributed by atoms with Crippen LogP contribution in [-0.4, -0.2) is 27.9 Å². The van der Waals surface area contributed by atoms with Crippen LogP contribution in [0.2, 0.25) is 0 Å². The van der Waals surface area contributed by atoms with E-state index in [1.807, 2.05) is 0 Å². The number of furan rings is 1. The summed E-state index contributed by atoms with van der Waals surface area (Å²) in [6.45, 7) is 0. The summed E-state index contributed by atoms with van der Waals surface area (Å²) in [6.07, 6.45) is 1.89. The average molecular weight is 226 g/mol. The van der Waals surface area contributed by atoms with Crippen molar-refractivity contribution < 1.29 is 19.1 Å². The summed E-state index contributed by atoms with van der Waals surface area (Å²) < 4.78 is 4.96. The van der Waals surface area contributed by atoms with Crippen molar-refractivity contribution in [2.24, 2.45) is 0 Å². The maximum absolute atomic E-state index is 11.8. The van der Waals surface area contributed by atoms with Crippen molar-refractivity contribution in [3.05, 3.63) is 23.7 Å². The van der Waals surface area contributed by atoms with Crippen molar-refractivity contribution in [2.75, 3.05) is 5.75 Å². The molecule has 80 valence electrons. The topological polar surface area (TPSA) is 67.5 Å². The third-order valence-electron chi connectivity index (χ3n) is 2.28. The van der Waals surface area contributed by atoms with Crippen LogP contribution in [0.1, 0.15) is 34.0 Å². The largest absolute Gasteiger partial charge is 0.475 e. The molecule has 2 rings (SSSR count). The molecule has 0 aliphatic carbocycles. The van der Waals surface area contributed by atoms with Gasteiger partial charge in [0, 0.05) is 0 Å². The van der Waals surface area contributed by atoms with Crippen LogP contribution in [0, 0.1) is 0 Å². The highest BCUT2D eigenvalue weighted by Crippen LogP contribution is 2.29. The Bertz CT molecular complexity index is 390. The van der Waals surface area contributed by atoms with Gasteiger partial charge in [0.25, 0.3) is 0 Å². The Morgan fingerprint density at radius 2 is 2.13 bits per heavy atom. The number of rotatable bonds is 3. The van der Waals surface area contributed by atoms with Gasteiger partial charge >= 0.3 is 5.97 Å². The average Bonchev–Trinajstić information content (AvgIpc) is 2.88. The molecular formula is C10H10O4S. The van der Waals surface area contributed by atoms with Crippen molar-refractivity contribution >= 4 is 23.5 Å². The summed E-state index contributed by atoms with van der Waals surface area (Å²) in [6, 6.07) is 2.75. The lowest BCUT2D eigenvalue weighted by molar-refractivity contribution is 0.0660. The maximum atomic E-state index is 11.8. The number of hydrogen-bond donors (Lipinski definition) is 1. The summed E-state index contributed by atoms with van der Waals surface area (Å²) >= 11 is 1.61. The second kappa shape index (κ2) is 4.10. The standard InChI is InChI=1S/C10H10O4S/c11-9(8-2-1-5-15-8)6-3-4-7(14-6)10(12)13/h3-4,8H,1-2,5H2,(H,12,13). The molecule has 1 aliphatic rings. The van der Waals surface area contributed by atoms with E-state index in [-0.39, 0.29) is 22.6 Å². The molecule has 0 spiro atoms. The SMILES string of the molecule is O=C(O)c1ccc(C(=O)C2CCCS2)o1. The number of carbonyl (C=O) groups is 2. The Kier molecular flexibility index (Phi) is 2.81. The molecule has 1 saturated heterocycles. The first-order valence-electron chi connectivity index (χ1n) is 4.67. The van der Waals surface area contributed by atoms with E-state index in [1.54, 1.807) is 11.8 Å². The highest BCUT2D eigenvalue weighted by atomic mass is 32.2. The van der Waals surface area contributed by atoms with Gasteiger partial charge in [-0.25, -0.2) is 4.79 Å². The summed E-state index contributed by atoms with van der Waals surface area (Å²) in [5.41, 5.74) is 0. The van der Waals surface area contributed by atoms with Crippen molar-refractivity contribution in [3.63, 3.8) is 0 Å². The Labute approximate surface area is 90.6 Å². The zero-order valence-electron chi connectivity index (χ0n) is 7.93. The van der Waals surface area contributed by atoms with E-state index in [2.05, 4.69) is 0 Å². The molecule has 1 atom stereocenters. The minimum Gasteiger partial charge on any atom is -0.475 e. The molecule has 0 bridgehead atoms. The Morgan fingerprint density at radius 1 is 1.40 bits per heavy atom. The van der Waals surface area contributed by atoms with Gasteiger partial charge in [0.15, 0.2) is 5.76 Å². The highest BCUT2D eigenvalue weighted by Gasteiger charge is 2.27. The Hall–Kier alpha value is -1.23. The van der Waals surface area contributed by atoms with E-state index in [4.69, 9.17) is 9.52 Å². The molecule has 0 amide bonds. The van der Waals surface area contributed by atoms with Crippen LogP contribution < -0.4 is 0 Å². The summed E-state index contributed by atoms with van der Waals surface area (Å²) in [5.74, 6) is -0.269. The Balaban J connectivity index is 2.14. The van der Waals surface area contributed by atoms with Gasteiger partial charge in [-0.05, 0) is 30.7 Å². The number of ketones is 1. The molecule has 15 heavy (non-hydrogen) atoms. The molecule has 1 aromatic heterocycles. The molecule has 0 radical (unpaired) electrons. The van der Waals surface area contributed by atoms with Crippen LogP contribution in [-0.2, 0) is 0 Å². The van der Waals surface area contributed by atoms with Gasteiger partial charge in [0.2, 0.25) is 11.5 Å². The number of aromatic carboxylic acids is 1. The predicted octanol–water partition coefficient (Wildman–Crippen LogP) is 2.06. The molecule has 4 nitrogen and oxygen atoms in total. The van der Waals surface area contributed by atoms with Crippen molar-refractivity contribution in [2.45, 2.75) is 18.1 Å². The van der Waals surface area contributed by atoms with Gasteiger partial charge < -0.3 is 9.52 Å². The second-order valence-corrected chi connectivity index (χ2v) is 4.65. The molecule has 0 saturated carbocycles. The predicted molar refractivity (Wildman–Crippen MR) is 55.5 cm³/mol. The highest BCUT2D eigenvalue weighted by molar-refractivity contribution is 8.00. The first-order valence-corrected chi connectivity index (χ1v) is 5.72.